The summed E-state index contributed by atoms with van der Waals surface area (Å²) in [6.07, 6.45) is 8.48. The molecule has 2 aliphatic rings. The minimum Gasteiger partial charge on any atom is -0.790 e. The maximum absolute atomic E-state index is 10.8. The van der Waals surface area contributed by atoms with E-state index in [0.717, 1.165) is 89.4 Å². The predicted octanol–water partition coefficient (Wildman–Crippen LogP) is 11.3. The molecule has 7 aromatic rings. The van der Waals surface area contributed by atoms with Gasteiger partial charge in [0.2, 0.25) is 5.91 Å². The Balaban J connectivity index is 0.000000455. The van der Waals surface area contributed by atoms with Gasteiger partial charge >= 0.3 is 25.4 Å². The number of nitroso groups, excluding NO2 is 1. The summed E-state index contributed by atoms with van der Waals surface area (Å²) in [5.41, 5.74) is 25.7. The van der Waals surface area contributed by atoms with Crippen LogP contribution in [-0.2, 0) is 46.4 Å². The molecule has 10 nitrogen and oxygen atoms in total. The van der Waals surface area contributed by atoms with E-state index in [1.165, 1.54) is 36.3 Å². The van der Waals surface area contributed by atoms with Crippen molar-refractivity contribution in [1.29, 1.82) is 0 Å². The van der Waals surface area contributed by atoms with E-state index in [0.29, 0.717) is 0 Å². The van der Waals surface area contributed by atoms with Gasteiger partial charge in [-0.2, -0.15) is 0 Å². The van der Waals surface area contributed by atoms with E-state index in [9.17, 15) is 9.59 Å². The van der Waals surface area contributed by atoms with Crippen LogP contribution in [0.2, 0.25) is 0 Å². The van der Waals surface area contributed by atoms with Crippen molar-refractivity contribution in [2.45, 2.75) is 40.7 Å². The van der Waals surface area contributed by atoms with Crippen molar-refractivity contribution in [2.24, 2.45) is 0 Å². The number of hydrogen-bond donors (Lipinski definition) is 1. The number of nitrogens with one attached hydrogen (secondary N) is 1. The van der Waals surface area contributed by atoms with Gasteiger partial charge in [-0.15, -0.1) is 27.8 Å². The van der Waals surface area contributed by atoms with E-state index in [1.54, 1.807) is 0 Å². The molecule has 1 amide bonds. The molecule has 0 radical (unpaired) electrons. The monoisotopic (exact) mass is 976 g/mol. The molecule has 330 valence electrons. The number of aryl methyl sites for hydroxylation is 4. The van der Waals surface area contributed by atoms with Crippen LogP contribution < -0.4 is 15.3 Å². The number of fused-ring (bicyclic) bond motifs is 8. The number of rotatable bonds is 7. The van der Waals surface area contributed by atoms with Crippen molar-refractivity contribution in [3.05, 3.63) is 177 Å². The second-order valence-corrected chi connectivity index (χ2v) is 16.1. The van der Waals surface area contributed by atoms with Crippen molar-refractivity contribution in [2.75, 3.05) is 12.9 Å². The van der Waals surface area contributed by atoms with E-state index in [-0.39, 0.29) is 31.1 Å². The van der Waals surface area contributed by atoms with E-state index in [1.807, 2.05) is 0 Å². The Bertz CT molecular complexity index is 2730. The summed E-state index contributed by atoms with van der Waals surface area (Å²) in [5.74, 6) is -0.660. The third-order valence-electron chi connectivity index (χ3n) is 11.0. The molecular weight excluding hydrogens is 930 g/mol. The molecule has 9 rings (SSSR count). The molecule has 12 heteroatoms. The van der Waals surface area contributed by atoms with Gasteiger partial charge in [-0.25, -0.2) is 14.8 Å². The van der Waals surface area contributed by atoms with Crippen LogP contribution in [0.3, 0.4) is 0 Å². The Morgan fingerprint density at radius 3 is 1.00 bits per heavy atom. The molecule has 0 spiro atoms. The van der Waals surface area contributed by atoms with Crippen molar-refractivity contribution in [3.8, 4) is 44.5 Å². The second kappa shape index (κ2) is 21.8. The van der Waals surface area contributed by atoms with Gasteiger partial charge in [0, 0.05) is 6.92 Å². The Labute approximate surface area is 402 Å². The van der Waals surface area contributed by atoms with Crippen molar-refractivity contribution < 1.29 is 33.8 Å². The third kappa shape index (κ3) is 10.7. The first-order valence-electron chi connectivity index (χ1n) is 20.9. The number of carbonyl (C=O) groups excluding carboxylic acids is 2. The topological polar surface area (TPSA) is 149 Å². The minimum absolute atomic E-state index is 0. The fourth-order valence-electron chi connectivity index (χ4n) is 7.71. The smallest absolute Gasteiger partial charge is 0.790 e. The maximum Gasteiger partial charge on any atom is 4.00 e. The van der Waals surface area contributed by atoms with Crippen LogP contribution in [-0.4, -0.2) is 40.7 Å². The number of nitrogens with zero attached hydrogens (tertiary/aromatic N) is 5. The molecule has 1 atom stereocenters. The maximum atomic E-state index is 10.8. The molecule has 0 unspecified atom stereocenters. The summed E-state index contributed by atoms with van der Waals surface area (Å²) < 4.78 is 4.38. The van der Waals surface area contributed by atoms with Crippen LogP contribution in [0.5, 0.6) is 0 Å². The molecule has 0 aliphatic carbocycles. The Kier molecular flexibility index (Phi) is 16.0. The molecule has 1 N–H and O–H groups in total. The van der Waals surface area contributed by atoms with Crippen LogP contribution in [0.4, 0.5) is 0 Å². The fourth-order valence-corrected chi connectivity index (χ4v) is 7.93. The molecule has 8 bridgehead atoms. The first kappa shape index (κ1) is 48.4. The quantitative estimate of drug-likeness (QED) is 0.0936. The number of esters is 1. The summed E-state index contributed by atoms with van der Waals surface area (Å²) in [4.78, 5) is 50.0. The number of methoxy groups -OCH3 is 1. The molecule has 5 heterocycles. The summed E-state index contributed by atoms with van der Waals surface area (Å²) in [5, 5.41) is 2.36. The Hall–Kier alpha value is -7.01. The number of aromatic nitrogens is 4. The molecule has 4 aromatic carbocycles. The number of carbonyl (C=O) groups is 2. The zero-order valence-corrected chi connectivity index (χ0v) is 39.8. The average Bonchev–Trinajstić information content (AvgIpc) is 4.17. The zero-order chi connectivity index (χ0) is 46.2. The van der Waals surface area contributed by atoms with Gasteiger partial charge in [0.05, 0.1) is 29.9 Å². The Morgan fingerprint density at radius 2 is 0.788 bits per heavy atom. The number of benzene rings is 4. The van der Waals surface area contributed by atoms with Crippen LogP contribution in [0.1, 0.15) is 52.0 Å². The molecule has 0 fully saturated rings. The third-order valence-corrected chi connectivity index (χ3v) is 11.3. The van der Waals surface area contributed by atoms with Gasteiger partial charge in [-0.1, -0.05) is 144 Å². The number of ether oxygens (including phenoxy) is 1. The molecule has 66 heavy (non-hydrogen) atoms. The van der Waals surface area contributed by atoms with Gasteiger partial charge in [-0.05, 0) is 96.5 Å². The largest absolute Gasteiger partial charge is 4.00 e. The average molecular weight is 976 g/mol. The van der Waals surface area contributed by atoms with Crippen LogP contribution in [0.15, 0.2) is 121 Å². The van der Waals surface area contributed by atoms with Gasteiger partial charge in [0.25, 0.3) is 0 Å². The summed E-state index contributed by atoms with van der Waals surface area (Å²) >= 11 is 4.62. The molecule has 0 saturated carbocycles. The fraction of sp³-hybridized carbons (Fsp3) is 0.148. The molecule has 2 aliphatic heterocycles. The summed E-state index contributed by atoms with van der Waals surface area (Å²) in [7, 11) is 1.25. The predicted molar refractivity (Wildman–Crippen MR) is 266 cm³/mol. The minimum atomic E-state index is -0.688. The normalized spacial score (nSPS) is 11.6. The summed E-state index contributed by atoms with van der Waals surface area (Å²) in [6.45, 7) is 9.77. The molecule has 0 saturated heterocycles. The second-order valence-electron chi connectivity index (χ2n) is 15.8. The first-order valence-corrected chi connectivity index (χ1v) is 21.5. The van der Waals surface area contributed by atoms with Gasteiger partial charge < -0.3 is 43.2 Å². The SMILES string of the molecule is COC(=O)[C@H](C[S-])NC(C)=O.Cc1ccc(-c2c3nc(c(-c4ccc(C)cc4)c4ccc([n-]4)c(-c4ccc(C)cc4)c4nc(c(-c5ccc(C)cc5)c5ccc2[n-]5)C=C4)C=C3)cc1.[N-]=O.[Ru+4]. The van der Waals surface area contributed by atoms with Crippen molar-refractivity contribution in [3.63, 3.8) is 0 Å². The molecular formula is C54H46N6O4RuS. The van der Waals surface area contributed by atoms with E-state index in [2.05, 4.69) is 196 Å². The van der Waals surface area contributed by atoms with Gasteiger partial charge in [0.15, 0.2) is 0 Å². The van der Waals surface area contributed by atoms with Crippen molar-refractivity contribution in [1.82, 2.24) is 25.3 Å². The van der Waals surface area contributed by atoms with Crippen LogP contribution >= 0.6 is 0 Å². The van der Waals surface area contributed by atoms with E-state index < -0.39 is 12.0 Å². The van der Waals surface area contributed by atoms with Crippen LogP contribution in [0, 0.1) is 32.6 Å². The molecule has 3 aromatic heterocycles. The number of hydrogen-bond acceptors (Lipinski definition) is 7. The number of amides is 1. The Morgan fingerprint density at radius 1 is 0.530 bits per heavy atom. The first-order chi connectivity index (χ1) is 31.5. The van der Waals surface area contributed by atoms with E-state index in [4.69, 9.17) is 30.4 Å². The van der Waals surface area contributed by atoms with Crippen molar-refractivity contribution >= 4 is 70.9 Å². The van der Waals surface area contributed by atoms with Crippen LogP contribution in [0.25, 0.3) is 96.5 Å². The van der Waals surface area contributed by atoms with E-state index >= 15 is 0 Å². The zero-order valence-electron chi connectivity index (χ0n) is 37.3. The van der Waals surface area contributed by atoms with Gasteiger partial charge in [0.1, 0.15) is 6.04 Å². The summed E-state index contributed by atoms with van der Waals surface area (Å²) in [6, 6.07) is 42.3. The van der Waals surface area contributed by atoms with Gasteiger partial charge in [-0.3, -0.25) is 4.79 Å². The standard InChI is InChI=1S/C48H36N4.C6H11NO3S.NO.Ru/c1-29-5-13-33(14-6-29)45-37-21-23-39(49-37)46(34-15-7-30(2)8-16-34)41-25-27-43(51-41)48(36-19-11-32(4)12-20-36)44-28-26-42(52-44)47(40-24-22-38(45)50-40)35-17-9-31(3)10-18-35;1-4(8)7-5(3-11)6(9)10-2;1-2;/h5-28H,1-4H3;5,11H,3H2,1-2H3,(H,7,8);;/q-2;;-1;+4/p-1/t;5-;;/m.0../s1.